The fraction of sp³-hybridized carbons (Fsp3) is 0.296. The number of hydrogen-bond acceptors (Lipinski definition) is 7. The number of nitrogen functional groups attached to an aromatic ring is 1. The molecule has 4 aromatic rings. The van der Waals surface area contributed by atoms with Crippen LogP contribution in [0.2, 0.25) is 5.02 Å². The third-order valence-corrected chi connectivity index (χ3v) is 6.41. The molecule has 1 saturated heterocycles. The van der Waals surface area contributed by atoms with Crippen molar-refractivity contribution in [1.82, 2.24) is 9.88 Å². The number of nitrogens with zero attached hydrogens (tertiary/aromatic N) is 3. The molecule has 36 heavy (non-hydrogen) atoms. The zero-order chi connectivity index (χ0) is 25.6. The number of anilines is 2. The Morgan fingerprint density at radius 3 is 2.44 bits per heavy atom. The first-order chi connectivity index (χ1) is 17.1. The number of aromatic nitrogens is 1. The minimum atomic E-state index is -0.512. The van der Waals surface area contributed by atoms with E-state index in [-0.39, 0.29) is 28.2 Å². The van der Waals surface area contributed by atoms with Gasteiger partial charge in [0, 0.05) is 37.4 Å². The predicted octanol–water partition coefficient (Wildman–Crippen LogP) is 5.30. The van der Waals surface area contributed by atoms with Crippen molar-refractivity contribution in [3.8, 4) is 11.1 Å². The molecule has 0 aliphatic carbocycles. The highest BCUT2D eigenvalue weighted by Crippen LogP contribution is 2.33. The summed E-state index contributed by atoms with van der Waals surface area (Å²) in [5.74, 6) is 0.221. The first-order valence-corrected chi connectivity index (χ1v) is 12.1. The van der Waals surface area contributed by atoms with Crippen LogP contribution in [-0.4, -0.2) is 47.8 Å². The molecule has 2 N–H and O–H groups in total. The highest BCUT2D eigenvalue weighted by Gasteiger charge is 2.26. The smallest absolute Gasteiger partial charge is 0.410 e. The maximum absolute atomic E-state index is 13.2. The van der Waals surface area contributed by atoms with Gasteiger partial charge in [-0.05, 0) is 56.7 Å². The number of benzene rings is 2. The van der Waals surface area contributed by atoms with Crippen molar-refractivity contribution >= 4 is 51.3 Å². The number of fused-ring (bicyclic) bond motifs is 2. The topological polar surface area (TPSA) is 102 Å². The molecule has 2 aromatic carbocycles. The van der Waals surface area contributed by atoms with E-state index in [0.29, 0.717) is 47.9 Å². The molecule has 1 fully saturated rings. The van der Waals surface area contributed by atoms with Crippen molar-refractivity contribution in [1.29, 1.82) is 0 Å². The third-order valence-electron chi connectivity index (χ3n) is 6.10. The summed E-state index contributed by atoms with van der Waals surface area (Å²) in [6.45, 7) is 8.17. The van der Waals surface area contributed by atoms with E-state index in [9.17, 15) is 9.59 Å². The van der Waals surface area contributed by atoms with Crippen LogP contribution in [0.4, 0.5) is 16.3 Å². The van der Waals surface area contributed by atoms with Gasteiger partial charge in [-0.25, -0.2) is 9.78 Å². The molecule has 0 bridgehead atoms. The molecule has 0 atom stereocenters. The van der Waals surface area contributed by atoms with Crippen molar-refractivity contribution in [3.05, 3.63) is 63.8 Å². The minimum Gasteiger partial charge on any atom is -0.453 e. The predicted molar refractivity (Wildman–Crippen MR) is 143 cm³/mol. The molecule has 8 nitrogen and oxygen atoms in total. The maximum Gasteiger partial charge on any atom is 0.410 e. The van der Waals surface area contributed by atoms with Crippen LogP contribution in [-0.2, 0) is 4.74 Å². The summed E-state index contributed by atoms with van der Waals surface area (Å²) in [7, 11) is 0. The van der Waals surface area contributed by atoms with Crippen LogP contribution in [0.15, 0.2) is 57.7 Å². The average Bonchev–Trinajstić information content (AvgIpc) is 2.83. The van der Waals surface area contributed by atoms with Crippen LogP contribution in [0.5, 0.6) is 0 Å². The van der Waals surface area contributed by atoms with Crippen molar-refractivity contribution in [3.63, 3.8) is 0 Å². The van der Waals surface area contributed by atoms with Gasteiger partial charge in [0.15, 0.2) is 11.1 Å². The lowest BCUT2D eigenvalue weighted by atomic mass is 10.0. The second-order valence-electron chi connectivity index (χ2n) is 9.82. The van der Waals surface area contributed by atoms with Crippen molar-refractivity contribution in [2.75, 3.05) is 36.8 Å². The van der Waals surface area contributed by atoms with Crippen molar-refractivity contribution in [2.24, 2.45) is 0 Å². The Balaban J connectivity index is 1.42. The molecule has 1 aliphatic rings. The van der Waals surface area contributed by atoms with Gasteiger partial charge in [0.25, 0.3) is 0 Å². The Bertz CT molecular complexity index is 1520. The maximum atomic E-state index is 13.2. The summed E-state index contributed by atoms with van der Waals surface area (Å²) >= 11 is 6.25. The molecule has 1 amide bonds. The molecular formula is C27H27ClN4O4. The van der Waals surface area contributed by atoms with Crippen LogP contribution >= 0.6 is 11.6 Å². The molecule has 2 aromatic heterocycles. The average molecular weight is 507 g/mol. The van der Waals surface area contributed by atoms with Crippen molar-refractivity contribution in [2.45, 2.75) is 26.4 Å². The molecular weight excluding hydrogens is 480 g/mol. The van der Waals surface area contributed by atoms with E-state index in [0.717, 1.165) is 11.3 Å². The van der Waals surface area contributed by atoms with Crippen LogP contribution in [0.1, 0.15) is 20.8 Å². The lowest BCUT2D eigenvalue weighted by Gasteiger charge is -2.36. The minimum absolute atomic E-state index is 0.146. The van der Waals surface area contributed by atoms with E-state index in [1.165, 1.54) is 0 Å². The molecule has 0 radical (unpaired) electrons. The summed E-state index contributed by atoms with van der Waals surface area (Å²) in [6.07, 6.45) is -0.282. The van der Waals surface area contributed by atoms with Crippen LogP contribution in [0.3, 0.4) is 0 Å². The standard InChI is InChI=1S/C27H27ClN4O4/c1-27(2,3)36-26(34)32-13-11-31(12-14-32)17-9-7-16(8-10-17)18-15-21(29)30-23-24(33)22-19(28)5-4-6-20(22)35-25(18)23/h4-10,15H,11-14H2,1-3H3,(H2,29,30). The Labute approximate surface area is 213 Å². The second kappa shape index (κ2) is 9.02. The summed E-state index contributed by atoms with van der Waals surface area (Å²) in [5.41, 5.74) is 8.69. The number of ether oxygens (including phenoxy) is 1. The van der Waals surface area contributed by atoms with Gasteiger partial charge in [-0.1, -0.05) is 29.8 Å². The summed E-state index contributed by atoms with van der Waals surface area (Å²) in [4.78, 5) is 33.7. The summed E-state index contributed by atoms with van der Waals surface area (Å²) in [6, 6.07) is 14.7. The summed E-state index contributed by atoms with van der Waals surface area (Å²) in [5, 5.41) is 0.599. The molecule has 0 saturated carbocycles. The number of carbonyl (C=O) groups is 1. The molecule has 0 unspecified atom stereocenters. The second-order valence-corrected chi connectivity index (χ2v) is 10.2. The largest absolute Gasteiger partial charge is 0.453 e. The molecule has 9 heteroatoms. The van der Waals surface area contributed by atoms with Gasteiger partial charge in [-0.2, -0.15) is 0 Å². The number of pyridine rings is 1. The molecule has 3 heterocycles. The van der Waals surface area contributed by atoms with E-state index in [1.54, 1.807) is 29.2 Å². The van der Waals surface area contributed by atoms with Gasteiger partial charge in [0.05, 0.1) is 10.4 Å². The monoisotopic (exact) mass is 506 g/mol. The van der Waals surface area contributed by atoms with Crippen LogP contribution < -0.4 is 16.1 Å². The lowest BCUT2D eigenvalue weighted by Crippen LogP contribution is -2.50. The van der Waals surface area contributed by atoms with Gasteiger partial charge in [0.1, 0.15) is 17.0 Å². The van der Waals surface area contributed by atoms with E-state index >= 15 is 0 Å². The highest BCUT2D eigenvalue weighted by molar-refractivity contribution is 6.35. The number of rotatable bonds is 2. The summed E-state index contributed by atoms with van der Waals surface area (Å²) < 4.78 is 11.6. The van der Waals surface area contributed by atoms with Gasteiger partial charge in [-0.3, -0.25) is 4.79 Å². The number of carbonyl (C=O) groups excluding carboxylic acids is 1. The normalized spacial score (nSPS) is 14.4. The number of piperazine rings is 1. The van der Waals surface area contributed by atoms with Crippen LogP contribution in [0.25, 0.3) is 33.2 Å². The lowest BCUT2D eigenvalue weighted by molar-refractivity contribution is 0.0240. The quantitative estimate of drug-likeness (QED) is 0.368. The number of nitrogens with two attached hydrogens (primary N) is 1. The fourth-order valence-corrected chi connectivity index (χ4v) is 4.64. The molecule has 0 spiro atoms. The number of halogens is 1. The van der Waals surface area contributed by atoms with Gasteiger partial charge < -0.3 is 24.7 Å². The molecule has 186 valence electrons. The van der Waals surface area contributed by atoms with Gasteiger partial charge >= 0.3 is 6.09 Å². The Morgan fingerprint density at radius 1 is 1.08 bits per heavy atom. The Hall–Kier alpha value is -3.78. The zero-order valence-corrected chi connectivity index (χ0v) is 21.1. The fourth-order valence-electron chi connectivity index (χ4n) is 4.39. The Kier molecular flexibility index (Phi) is 6.00. The highest BCUT2D eigenvalue weighted by atomic mass is 35.5. The van der Waals surface area contributed by atoms with Gasteiger partial charge in [0.2, 0.25) is 5.43 Å². The van der Waals surface area contributed by atoms with E-state index in [1.807, 2.05) is 45.0 Å². The zero-order valence-electron chi connectivity index (χ0n) is 20.4. The van der Waals surface area contributed by atoms with Gasteiger partial charge in [-0.15, -0.1) is 0 Å². The SMILES string of the molecule is CC(C)(C)OC(=O)N1CCN(c2ccc(-c3cc(N)nc4c(=O)c5c(Cl)cccc5oc34)cc2)CC1. The number of hydrogen-bond donors (Lipinski definition) is 1. The van der Waals surface area contributed by atoms with E-state index in [2.05, 4.69) is 9.88 Å². The van der Waals surface area contributed by atoms with Crippen LogP contribution in [0, 0.1) is 0 Å². The number of amides is 1. The van der Waals surface area contributed by atoms with E-state index in [4.69, 9.17) is 26.5 Å². The first kappa shape index (κ1) is 23.9. The van der Waals surface area contributed by atoms with Crippen molar-refractivity contribution < 1.29 is 13.9 Å². The van der Waals surface area contributed by atoms with E-state index < -0.39 is 5.60 Å². The molecule has 1 aliphatic heterocycles. The third kappa shape index (κ3) is 4.56. The molecule has 5 rings (SSSR count). The Morgan fingerprint density at radius 2 is 1.78 bits per heavy atom. The first-order valence-electron chi connectivity index (χ1n) is 11.8.